The molecule has 0 spiro atoms. The molecule has 0 saturated carbocycles. The Morgan fingerprint density at radius 2 is 1.20 bits per heavy atom. The maximum atomic E-state index is 13.4. The second-order valence-electron chi connectivity index (χ2n) is 15.2. The van der Waals surface area contributed by atoms with Crippen LogP contribution in [-0.2, 0) is 17.9 Å². The van der Waals surface area contributed by atoms with Crippen LogP contribution in [0.5, 0.6) is 5.75 Å². The fourth-order valence-corrected chi connectivity index (χ4v) is 7.76. The first-order valence-electron chi connectivity index (χ1n) is 20.1. The third-order valence-corrected chi connectivity index (χ3v) is 10.9. The molecule has 0 aliphatic heterocycles. The zero-order valence-electron chi connectivity index (χ0n) is 34.0. The summed E-state index contributed by atoms with van der Waals surface area (Å²) in [4.78, 5) is 21.6. The topological polar surface area (TPSA) is 111 Å². The Balaban J connectivity index is 0.887. The van der Waals surface area contributed by atoms with E-state index >= 15 is 0 Å². The van der Waals surface area contributed by atoms with Gasteiger partial charge in [0.05, 0.1) is 17.1 Å². The lowest BCUT2D eigenvalue weighted by atomic mass is 10.0. The van der Waals surface area contributed by atoms with Crippen molar-refractivity contribution in [2.75, 3.05) is 17.4 Å². The van der Waals surface area contributed by atoms with Gasteiger partial charge in [0.1, 0.15) is 18.0 Å². The van der Waals surface area contributed by atoms with Crippen molar-refractivity contribution in [2.24, 2.45) is 20.5 Å². The maximum Gasteiger partial charge on any atom is 0.194 e. The standard InChI is InChI=1S/C52H42N6O3/c1-33-11-19-42(20-12-33)58(43-21-13-34(2)14-22-43)44-23-15-35(16-24-44)27-36-7-6-9-41(28-36)57-61-32-38-29-37-8-4-5-10-45(37)50(51(38)59)56-55-40-18-26-47-46-25-17-39(54-53-3)30-48(46)52(60)49(47)31-40/h4-26,28-31,57,59H,27,32H2,1-3H3. The predicted octanol–water partition coefficient (Wildman–Crippen LogP) is 14.1. The molecule has 8 aromatic carbocycles. The minimum Gasteiger partial charge on any atom is -0.505 e. The van der Waals surface area contributed by atoms with E-state index < -0.39 is 0 Å². The van der Waals surface area contributed by atoms with Crippen molar-refractivity contribution < 1.29 is 14.7 Å². The van der Waals surface area contributed by atoms with E-state index in [0.29, 0.717) is 33.8 Å². The van der Waals surface area contributed by atoms with Crippen LogP contribution >= 0.6 is 0 Å². The summed E-state index contributed by atoms with van der Waals surface area (Å²) in [7, 11) is 1.59. The summed E-state index contributed by atoms with van der Waals surface area (Å²) < 4.78 is 0. The number of rotatable bonds is 12. The molecule has 1 aliphatic carbocycles. The zero-order chi connectivity index (χ0) is 41.9. The summed E-state index contributed by atoms with van der Waals surface area (Å²) in [5.74, 6) is -0.137. The van der Waals surface area contributed by atoms with Gasteiger partial charge in [-0.1, -0.05) is 96.1 Å². The molecule has 0 saturated heterocycles. The lowest BCUT2D eigenvalue weighted by molar-refractivity contribution is 0.104. The maximum absolute atomic E-state index is 13.4. The molecule has 2 N–H and O–H groups in total. The Hall–Kier alpha value is -7.75. The molecule has 0 atom stereocenters. The lowest BCUT2D eigenvalue weighted by Crippen LogP contribution is -2.10. The Morgan fingerprint density at radius 3 is 1.84 bits per heavy atom. The molecule has 0 fully saturated rings. The van der Waals surface area contributed by atoms with Gasteiger partial charge in [-0.3, -0.25) is 15.1 Å². The average molecular weight is 799 g/mol. The number of aryl methyl sites for hydroxylation is 2. The highest BCUT2D eigenvalue weighted by molar-refractivity contribution is 6.22. The molecule has 0 amide bonds. The van der Waals surface area contributed by atoms with Crippen molar-refractivity contribution in [3.05, 3.63) is 203 Å². The number of anilines is 4. The van der Waals surface area contributed by atoms with E-state index in [2.05, 4.69) is 130 Å². The molecule has 0 radical (unpaired) electrons. The Labute approximate surface area is 354 Å². The molecular formula is C52H42N6O3. The van der Waals surface area contributed by atoms with Gasteiger partial charge in [0.15, 0.2) is 5.78 Å². The van der Waals surface area contributed by atoms with Crippen LogP contribution in [0.4, 0.5) is 39.8 Å². The number of fused-ring (bicyclic) bond motifs is 4. The molecule has 9 nitrogen and oxygen atoms in total. The summed E-state index contributed by atoms with van der Waals surface area (Å²) in [5, 5.41) is 30.1. The minimum atomic E-state index is -0.102. The van der Waals surface area contributed by atoms with Gasteiger partial charge in [0.2, 0.25) is 0 Å². The van der Waals surface area contributed by atoms with Crippen molar-refractivity contribution in [1.29, 1.82) is 0 Å². The number of carbonyl (C=O) groups excluding carboxylic acids is 1. The molecule has 1 aliphatic rings. The highest BCUT2D eigenvalue weighted by Gasteiger charge is 2.27. The molecule has 0 bridgehead atoms. The first kappa shape index (κ1) is 38.8. The SMILES string of the molecule is CN=Nc1ccc2c(c1)C(=O)c1cc(N=Nc3c(O)c(CONc4cccc(Cc5ccc(N(c6ccc(C)cc6)c6ccc(C)cc6)cc5)c4)cc4ccccc34)ccc1-2. The number of aromatic hydroxyl groups is 1. The van der Waals surface area contributed by atoms with Crippen LogP contribution in [0.15, 0.2) is 184 Å². The number of hydrogen-bond donors (Lipinski definition) is 2. The van der Waals surface area contributed by atoms with Crippen molar-refractivity contribution in [3.63, 3.8) is 0 Å². The van der Waals surface area contributed by atoms with Crippen molar-refractivity contribution in [1.82, 2.24) is 0 Å². The van der Waals surface area contributed by atoms with Crippen LogP contribution in [0.25, 0.3) is 21.9 Å². The van der Waals surface area contributed by atoms with Crippen LogP contribution in [0, 0.1) is 13.8 Å². The third kappa shape index (κ3) is 8.15. The Bertz CT molecular complexity index is 2930. The van der Waals surface area contributed by atoms with Gasteiger partial charge in [0.25, 0.3) is 0 Å². The summed E-state index contributed by atoms with van der Waals surface area (Å²) in [6.07, 6.45) is 0.739. The molecule has 8 aromatic rings. The van der Waals surface area contributed by atoms with Gasteiger partial charge >= 0.3 is 0 Å². The van der Waals surface area contributed by atoms with Crippen LogP contribution < -0.4 is 10.4 Å². The molecule has 0 aromatic heterocycles. The van der Waals surface area contributed by atoms with Gasteiger partial charge in [-0.05, 0) is 127 Å². The van der Waals surface area contributed by atoms with Crippen LogP contribution in [-0.4, -0.2) is 17.9 Å². The van der Waals surface area contributed by atoms with E-state index in [1.165, 1.54) is 16.7 Å². The first-order valence-corrected chi connectivity index (χ1v) is 20.1. The molecule has 9 rings (SSSR count). The number of nitrogens with one attached hydrogen (secondary N) is 1. The van der Waals surface area contributed by atoms with Gasteiger partial charge < -0.3 is 10.0 Å². The number of hydrogen-bond acceptors (Lipinski definition) is 9. The van der Waals surface area contributed by atoms with Gasteiger partial charge in [-0.25, -0.2) is 0 Å². The van der Waals surface area contributed by atoms with Crippen molar-refractivity contribution in [3.8, 4) is 16.9 Å². The number of ketones is 1. The number of carbonyl (C=O) groups is 1. The van der Waals surface area contributed by atoms with E-state index in [0.717, 1.165) is 56.6 Å². The molecular weight excluding hydrogens is 757 g/mol. The van der Waals surface area contributed by atoms with Crippen molar-refractivity contribution in [2.45, 2.75) is 26.9 Å². The average Bonchev–Trinajstić information content (AvgIpc) is 3.55. The number of nitrogens with zero attached hydrogens (tertiary/aromatic N) is 5. The Kier molecular flexibility index (Phi) is 10.7. The van der Waals surface area contributed by atoms with E-state index in [-0.39, 0.29) is 18.1 Å². The van der Waals surface area contributed by atoms with Crippen molar-refractivity contribution >= 4 is 56.4 Å². The molecule has 61 heavy (non-hydrogen) atoms. The molecule has 298 valence electrons. The summed E-state index contributed by atoms with van der Waals surface area (Å²) in [5.41, 5.74) is 16.7. The number of phenolic OH excluding ortho intramolecular Hbond substituents is 1. The zero-order valence-corrected chi connectivity index (χ0v) is 34.0. The normalized spacial score (nSPS) is 12.0. The lowest BCUT2D eigenvalue weighted by Gasteiger charge is -2.26. The molecule has 0 unspecified atom stereocenters. The smallest absolute Gasteiger partial charge is 0.194 e. The van der Waals surface area contributed by atoms with Crippen LogP contribution in [0.3, 0.4) is 0 Å². The van der Waals surface area contributed by atoms with Crippen LogP contribution in [0.1, 0.15) is 43.7 Å². The number of azo groups is 2. The minimum absolute atomic E-state index is 0.0352. The quantitative estimate of drug-likeness (QED) is 0.0944. The largest absolute Gasteiger partial charge is 0.505 e. The van der Waals surface area contributed by atoms with E-state index in [4.69, 9.17) is 4.84 Å². The van der Waals surface area contributed by atoms with E-state index in [1.54, 1.807) is 19.2 Å². The van der Waals surface area contributed by atoms with Gasteiger partial charge in [0, 0.05) is 46.2 Å². The second kappa shape index (κ2) is 16.8. The predicted molar refractivity (Wildman–Crippen MR) is 244 cm³/mol. The summed E-state index contributed by atoms with van der Waals surface area (Å²) >= 11 is 0. The third-order valence-electron chi connectivity index (χ3n) is 10.9. The van der Waals surface area contributed by atoms with Gasteiger partial charge in [-0.2, -0.15) is 15.3 Å². The second-order valence-corrected chi connectivity index (χ2v) is 15.2. The molecule has 0 heterocycles. The van der Waals surface area contributed by atoms with E-state index in [1.807, 2.05) is 66.7 Å². The van der Waals surface area contributed by atoms with E-state index in [9.17, 15) is 9.90 Å². The van der Waals surface area contributed by atoms with Crippen LogP contribution in [0.2, 0.25) is 0 Å². The Morgan fingerprint density at radius 1 is 0.590 bits per heavy atom. The summed E-state index contributed by atoms with van der Waals surface area (Å²) in [6, 6.07) is 54.5. The molecule has 9 heteroatoms. The number of benzene rings is 8. The summed E-state index contributed by atoms with van der Waals surface area (Å²) in [6.45, 7) is 4.27. The monoisotopic (exact) mass is 798 g/mol. The highest BCUT2D eigenvalue weighted by atomic mass is 16.6. The fourth-order valence-electron chi connectivity index (χ4n) is 7.76. The number of phenols is 1. The fraction of sp³-hybridized carbons (Fsp3) is 0.0962. The first-order chi connectivity index (χ1) is 29.8. The van der Waals surface area contributed by atoms with Gasteiger partial charge in [-0.15, -0.1) is 5.11 Å². The highest BCUT2D eigenvalue weighted by Crippen LogP contribution is 2.43.